The van der Waals surface area contributed by atoms with Gasteiger partial charge in [-0.25, -0.2) is 0 Å². The maximum Gasteiger partial charge on any atom is 0.255 e. The Morgan fingerprint density at radius 1 is 1.37 bits per heavy atom. The second-order valence-electron chi connectivity index (χ2n) is 4.47. The molecule has 6 nitrogen and oxygen atoms in total. The van der Waals surface area contributed by atoms with Crippen molar-refractivity contribution in [1.29, 1.82) is 5.26 Å². The molecular weight excluding hydrogens is 246 g/mol. The molecule has 6 heteroatoms. The lowest BCUT2D eigenvalue weighted by molar-refractivity contribution is -0.121. The Morgan fingerprint density at radius 2 is 1.95 bits per heavy atom. The standard InChI is InChI=1S/C13H15N3O3/c1-13(2,8-14)12(18)16-9-3-5-10(6-4-9)19-7-11(15)17/h3-6H,7H2,1-2H3,(H2,15,17)(H,16,18). The number of hydrogen-bond donors (Lipinski definition) is 2. The summed E-state index contributed by atoms with van der Waals surface area (Å²) in [5, 5.41) is 11.5. The van der Waals surface area contributed by atoms with E-state index in [4.69, 9.17) is 15.7 Å². The van der Waals surface area contributed by atoms with Gasteiger partial charge < -0.3 is 15.8 Å². The van der Waals surface area contributed by atoms with E-state index in [1.54, 1.807) is 24.3 Å². The van der Waals surface area contributed by atoms with E-state index in [9.17, 15) is 9.59 Å². The Labute approximate surface area is 111 Å². The van der Waals surface area contributed by atoms with Crippen LogP contribution in [0.25, 0.3) is 0 Å². The Morgan fingerprint density at radius 3 is 2.42 bits per heavy atom. The first-order valence-electron chi connectivity index (χ1n) is 5.59. The molecule has 1 aromatic rings. The fraction of sp³-hybridized carbons (Fsp3) is 0.308. The Bertz CT molecular complexity index is 515. The molecule has 100 valence electrons. The van der Waals surface area contributed by atoms with Crippen LogP contribution in [0.3, 0.4) is 0 Å². The number of amides is 2. The van der Waals surface area contributed by atoms with Gasteiger partial charge in [-0.1, -0.05) is 0 Å². The summed E-state index contributed by atoms with van der Waals surface area (Å²) in [6.45, 7) is 2.87. The van der Waals surface area contributed by atoms with Crippen molar-refractivity contribution >= 4 is 17.5 Å². The number of benzene rings is 1. The van der Waals surface area contributed by atoms with Gasteiger partial charge >= 0.3 is 0 Å². The van der Waals surface area contributed by atoms with Gasteiger partial charge in [-0.3, -0.25) is 9.59 Å². The van der Waals surface area contributed by atoms with Crippen LogP contribution >= 0.6 is 0 Å². The average Bonchev–Trinajstić information content (AvgIpc) is 2.37. The van der Waals surface area contributed by atoms with Crippen molar-refractivity contribution in [3.05, 3.63) is 24.3 Å². The minimum atomic E-state index is -1.10. The van der Waals surface area contributed by atoms with E-state index >= 15 is 0 Å². The molecular formula is C13H15N3O3. The Kier molecular flexibility index (Phi) is 4.48. The number of anilines is 1. The van der Waals surface area contributed by atoms with Crippen molar-refractivity contribution in [2.75, 3.05) is 11.9 Å². The topological polar surface area (TPSA) is 105 Å². The molecule has 0 heterocycles. The molecule has 19 heavy (non-hydrogen) atoms. The normalized spacial score (nSPS) is 10.4. The Hall–Kier alpha value is -2.55. The summed E-state index contributed by atoms with van der Waals surface area (Å²) < 4.78 is 5.08. The summed E-state index contributed by atoms with van der Waals surface area (Å²) >= 11 is 0. The first kappa shape index (κ1) is 14.5. The monoisotopic (exact) mass is 261 g/mol. The molecule has 0 radical (unpaired) electrons. The number of nitrogens with one attached hydrogen (secondary N) is 1. The average molecular weight is 261 g/mol. The molecule has 0 saturated heterocycles. The first-order chi connectivity index (χ1) is 8.85. The highest BCUT2D eigenvalue weighted by Gasteiger charge is 2.27. The van der Waals surface area contributed by atoms with Gasteiger partial charge in [-0.15, -0.1) is 0 Å². The zero-order chi connectivity index (χ0) is 14.5. The van der Waals surface area contributed by atoms with Crippen LogP contribution in [0.2, 0.25) is 0 Å². The second-order valence-corrected chi connectivity index (χ2v) is 4.47. The third-order valence-corrected chi connectivity index (χ3v) is 2.34. The van der Waals surface area contributed by atoms with Crippen LogP contribution in [-0.4, -0.2) is 18.4 Å². The minimum Gasteiger partial charge on any atom is -0.484 e. The zero-order valence-corrected chi connectivity index (χ0v) is 10.8. The molecule has 0 spiro atoms. The quantitative estimate of drug-likeness (QED) is 0.825. The van der Waals surface area contributed by atoms with Crippen LogP contribution in [0.5, 0.6) is 5.75 Å². The molecule has 0 aliphatic heterocycles. The smallest absolute Gasteiger partial charge is 0.255 e. The van der Waals surface area contributed by atoms with Gasteiger partial charge in [0, 0.05) is 5.69 Å². The highest BCUT2D eigenvalue weighted by Crippen LogP contribution is 2.19. The molecule has 1 rings (SSSR count). The first-order valence-corrected chi connectivity index (χ1v) is 5.59. The van der Waals surface area contributed by atoms with E-state index in [1.807, 2.05) is 6.07 Å². The highest BCUT2D eigenvalue weighted by atomic mass is 16.5. The molecule has 3 N–H and O–H groups in total. The van der Waals surface area contributed by atoms with Crippen LogP contribution in [0.4, 0.5) is 5.69 Å². The number of carbonyl (C=O) groups excluding carboxylic acids is 2. The van der Waals surface area contributed by atoms with E-state index in [1.165, 1.54) is 13.8 Å². The van der Waals surface area contributed by atoms with Gasteiger partial charge in [-0.2, -0.15) is 5.26 Å². The molecule has 0 saturated carbocycles. The lowest BCUT2D eigenvalue weighted by Crippen LogP contribution is -2.29. The number of nitrogens with two attached hydrogens (primary N) is 1. The maximum absolute atomic E-state index is 11.7. The number of primary amides is 1. The van der Waals surface area contributed by atoms with Crippen molar-refractivity contribution in [2.45, 2.75) is 13.8 Å². The van der Waals surface area contributed by atoms with E-state index < -0.39 is 11.3 Å². The van der Waals surface area contributed by atoms with E-state index in [2.05, 4.69) is 5.32 Å². The van der Waals surface area contributed by atoms with Crippen LogP contribution in [0.1, 0.15) is 13.8 Å². The number of rotatable bonds is 5. The fourth-order valence-corrected chi connectivity index (χ4v) is 1.13. The lowest BCUT2D eigenvalue weighted by atomic mass is 9.94. The third-order valence-electron chi connectivity index (χ3n) is 2.34. The summed E-state index contributed by atoms with van der Waals surface area (Å²) in [7, 11) is 0. The molecule has 0 aliphatic carbocycles. The number of ether oxygens (including phenoxy) is 1. The number of carbonyl (C=O) groups is 2. The van der Waals surface area contributed by atoms with Crippen LogP contribution in [-0.2, 0) is 9.59 Å². The van der Waals surface area contributed by atoms with Gasteiger partial charge in [0.25, 0.3) is 5.91 Å². The largest absolute Gasteiger partial charge is 0.484 e. The van der Waals surface area contributed by atoms with Crippen LogP contribution in [0.15, 0.2) is 24.3 Å². The fourth-order valence-electron chi connectivity index (χ4n) is 1.13. The maximum atomic E-state index is 11.7. The molecule has 0 fully saturated rings. The molecule has 1 aromatic carbocycles. The molecule has 0 unspecified atom stereocenters. The van der Waals surface area contributed by atoms with Crippen molar-refractivity contribution < 1.29 is 14.3 Å². The van der Waals surface area contributed by atoms with Gasteiger partial charge in [0.2, 0.25) is 5.91 Å². The van der Waals surface area contributed by atoms with Gasteiger partial charge in [-0.05, 0) is 38.1 Å². The van der Waals surface area contributed by atoms with Crippen LogP contribution < -0.4 is 15.8 Å². The molecule has 0 aromatic heterocycles. The van der Waals surface area contributed by atoms with Crippen molar-refractivity contribution in [3.8, 4) is 11.8 Å². The summed E-state index contributed by atoms with van der Waals surface area (Å²) in [6, 6.07) is 8.33. The predicted octanol–water partition coefficient (Wildman–Crippen LogP) is 1.04. The van der Waals surface area contributed by atoms with Crippen molar-refractivity contribution in [1.82, 2.24) is 0 Å². The van der Waals surface area contributed by atoms with E-state index in [0.717, 1.165) is 0 Å². The summed E-state index contributed by atoms with van der Waals surface area (Å²) in [5.41, 5.74) is 4.39. The molecule has 0 bridgehead atoms. The van der Waals surface area contributed by atoms with E-state index in [-0.39, 0.29) is 12.5 Å². The minimum absolute atomic E-state index is 0.201. The third kappa shape index (κ3) is 4.32. The number of nitrogens with zero attached hydrogens (tertiary/aromatic N) is 1. The SMILES string of the molecule is CC(C)(C#N)C(=O)Nc1ccc(OCC(N)=O)cc1. The Balaban J connectivity index is 2.65. The van der Waals surface area contributed by atoms with Crippen molar-refractivity contribution in [3.63, 3.8) is 0 Å². The number of nitriles is 1. The van der Waals surface area contributed by atoms with Crippen LogP contribution in [0, 0.1) is 16.7 Å². The second kappa shape index (κ2) is 5.87. The van der Waals surface area contributed by atoms with Gasteiger partial charge in [0.1, 0.15) is 11.2 Å². The van der Waals surface area contributed by atoms with Gasteiger partial charge in [0.05, 0.1) is 6.07 Å². The zero-order valence-electron chi connectivity index (χ0n) is 10.8. The predicted molar refractivity (Wildman–Crippen MR) is 69.2 cm³/mol. The van der Waals surface area contributed by atoms with E-state index in [0.29, 0.717) is 11.4 Å². The van der Waals surface area contributed by atoms with Crippen molar-refractivity contribution in [2.24, 2.45) is 11.1 Å². The molecule has 0 atom stereocenters. The lowest BCUT2D eigenvalue weighted by Gasteiger charge is -2.15. The summed E-state index contributed by atoms with van der Waals surface area (Å²) in [6.07, 6.45) is 0. The van der Waals surface area contributed by atoms with Gasteiger partial charge in [0.15, 0.2) is 6.61 Å². The molecule has 0 aliphatic rings. The molecule has 2 amide bonds. The summed E-state index contributed by atoms with van der Waals surface area (Å²) in [4.78, 5) is 22.3. The number of hydrogen-bond acceptors (Lipinski definition) is 4. The summed E-state index contributed by atoms with van der Waals surface area (Å²) in [5.74, 6) is -0.481. The highest BCUT2D eigenvalue weighted by molar-refractivity contribution is 5.96.